The molecular formula is C13H18N2O2. The van der Waals surface area contributed by atoms with Crippen molar-refractivity contribution in [1.82, 2.24) is 4.98 Å². The summed E-state index contributed by atoms with van der Waals surface area (Å²) >= 11 is 0. The number of rotatable bonds is 3. The van der Waals surface area contributed by atoms with E-state index in [-0.39, 0.29) is 5.41 Å². The van der Waals surface area contributed by atoms with Crippen molar-refractivity contribution in [3.05, 3.63) is 29.7 Å². The van der Waals surface area contributed by atoms with E-state index >= 15 is 0 Å². The van der Waals surface area contributed by atoms with Crippen molar-refractivity contribution >= 4 is 11.1 Å². The van der Waals surface area contributed by atoms with E-state index in [1.54, 1.807) is 0 Å². The van der Waals surface area contributed by atoms with Crippen LogP contribution in [-0.4, -0.2) is 11.6 Å². The molecule has 2 N–H and O–H groups in total. The third-order valence-electron chi connectivity index (χ3n) is 2.60. The average molecular weight is 234 g/mol. The monoisotopic (exact) mass is 234 g/mol. The van der Waals surface area contributed by atoms with Gasteiger partial charge in [0.1, 0.15) is 5.52 Å². The van der Waals surface area contributed by atoms with Gasteiger partial charge in [0.25, 0.3) is 0 Å². The molecule has 17 heavy (non-hydrogen) atoms. The third-order valence-corrected chi connectivity index (χ3v) is 2.60. The summed E-state index contributed by atoms with van der Waals surface area (Å²) in [7, 11) is 0. The van der Waals surface area contributed by atoms with Gasteiger partial charge in [-0.3, -0.25) is 0 Å². The van der Waals surface area contributed by atoms with E-state index < -0.39 is 0 Å². The summed E-state index contributed by atoms with van der Waals surface area (Å²) in [6.45, 7) is 6.76. The van der Waals surface area contributed by atoms with Crippen molar-refractivity contribution in [2.45, 2.75) is 32.6 Å². The van der Waals surface area contributed by atoms with Gasteiger partial charge in [-0.2, -0.15) is 0 Å². The Morgan fingerprint density at radius 3 is 2.76 bits per heavy atom. The third kappa shape index (κ3) is 2.65. The second-order valence-electron chi connectivity index (χ2n) is 5.19. The quantitative estimate of drug-likeness (QED) is 0.829. The van der Waals surface area contributed by atoms with E-state index in [2.05, 4.69) is 30.6 Å². The van der Waals surface area contributed by atoms with Crippen LogP contribution in [0.3, 0.4) is 0 Å². The van der Waals surface area contributed by atoms with Crippen molar-refractivity contribution in [3.63, 3.8) is 0 Å². The first-order valence-electron chi connectivity index (χ1n) is 5.72. The van der Waals surface area contributed by atoms with Crippen LogP contribution < -0.4 is 5.90 Å². The van der Waals surface area contributed by atoms with Gasteiger partial charge in [0, 0.05) is 5.41 Å². The van der Waals surface area contributed by atoms with Crippen molar-refractivity contribution in [3.8, 4) is 0 Å². The highest BCUT2D eigenvalue weighted by atomic mass is 16.6. The van der Waals surface area contributed by atoms with Crippen LogP contribution in [0.15, 0.2) is 22.6 Å². The summed E-state index contributed by atoms with van der Waals surface area (Å²) in [5.74, 6) is 5.78. The van der Waals surface area contributed by atoms with Crippen LogP contribution in [0.4, 0.5) is 0 Å². The topological polar surface area (TPSA) is 61.3 Å². The molecule has 0 amide bonds. The lowest BCUT2D eigenvalue weighted by molar-refractivity contribution is 0.141. The van der Waals surface area contributed by atoms with Gasteiger partial charge in [0.05, 0.1) is 6.61 Å². The van der Waals surface area contributed by atoms with Gasteiger partial charge in [-0.25, -0.2) is 10.9 Å². The van der Waals surface area contributed by atoms with Crippen LogP contribution in [0, 0.1) is 0 Å². The molecule has 0 radical (unpaired) electrons. The minimum atomic E-state index is -0.0699. The average Bonchev–Trinajstić information content (AvgIpc) is 2.68. The zero-order valence-electron chi connectivity index (χ0n) is 10.5. The molecule has 0 saturated carbocycles. The number of hydrogen-bond donors (Lipinski definition) is 1. The zero-order valence-corrected chi connectivity index (χ0v) is 10.5. The molecule has 2 rings (SSSR count). The molecule has 92 valence electrons. The van der Waals surface area contributed by atoms with Gasteiger partial charge in [-0.15, -0.1) is 0 Å². The van der Waals surface area contributed by atoms with Crippen LogP contribution in [0.25, 0.3) is 11.1 Å². The first-order valence-corrected chi connectivity index (χ1v) is 5.72. The van der Waals surface area contributed by atoms with Gasteiger partial charge in [0.15, 0.2) is 5.58 Å². The number of nitrogens with zero attached hydrogens (tertiary/aromatic N) is 1. The highest BCUT2D eigenvalue weighted by molar-refractivity contribution is 5.73. The summed E-state index contributed by atoms with van der Waals surface area (Å²) in [5, 5.41) is 0. The normalized spacial score (nSPS) is 12.2. The van der Waals surface area contributed by atoms with E-state index in [9.17, 15) is 0 Å². The standard InChI is InChI=1S/C13H18N2O2/c1-13(2,3)12-15-10-8-9(6-7-16-14)4-5-11(10)17-12/h4-5,8H,6-7,14H2,1-3H3. The maximum absolute atomic E-state index is 5.72. The molecule has 0 saturated heterocycles. The van der Waals surface area contributed by atoms with Crippen molar-refractivity contribution in [1.29, 1.82) is 0 Å². The Labute approximate surface area is 101 Å². The van der Waals surface area contributed by atoms with Gasteiger partial charge >= 0.3 is 0 Å². The van der Waals surface area contributed by atoms with E-state index in [1.807, 2.05) is 18.2 Å². The maximum atomic E-state index is 5.72. The zero-order chi connectivity index (χ0) is 12.5. The number of benzene rings is 1. The second kappa shape index (κ2) is 4.47. The lowest BCUT2D eigenvalue weighted by Gasteiger charge is -2.11. The molecular weight excluding hydrogens is 216 g/mol. The van der Waals surface area contributed by atoms with Crippen LogP contribution >= 0.6 is 0 Å². The number of nitrogens with two attached hydrogens (primary N) is 1. The molecule has 0 bridgehead atoms. The fraction of sp³-hybridized carbons (Fsp3) is 0.462. The molecule has 0 fully saturated rings. The molecule has 0 aliphatic carbocycles. The number of hydrogen-bond acceptors (Lipinski definition) is 4. The molecule has 0 unspecified atom stereocenters. The Balaban J connectivity index is 2.34. The van der Waals surface area contributed by atoms with Crippen LogP contribution in [0.5, 0.6) is 0 Å². The van der Waals surface area contributed by atoms with Crippen LogP contribution in [0.2, 0.25) is 0 Å². The lowest BCUT2D eigenvalue weighted by Crippen LogP contribution is -2.10. The van der Waals surface area contributed by atoms with Gasteiger partial charge in [-0.1, -0.05) is 26.8 Å². The van der Waals surface area contributed by atoms with E-state index in [0.29, 0.717) is 6.61 Å². The molecule has 4 heteroatoms. The molecule has 0 aliphatic rings. The fourth-order valence-electron chi connectivity index (χ4n) is 1.63. The number of oxazole rings is 1. The van der Waals surface area contributed by atoms with Gasteiger partial charge in [0.2, 0.25) is 5.89 Å². The number of aromatic nitrogens is 1. The smallest absolute Gasteiger partial charge is 0.200 e. The minimum absolute atomic E-state index is 0.0699. The highest BCUT2D eigenvalue weighted by Crippen LogP contribution is 2.26. The fourth-order valence-corrected chi connectivity index (χ4v) is 1.63. The highest BCUT2D eigenvalue weighted by Gasteiger charge is 2.20. The Bertz CT molecular complexity index is 512. The second-order valence-corrected chi connectivity index (χ2v) is 5.19. The molecule has 1 aromatic heterocycles. The van der Waals surface area contributed by atoms with Crippen molar-refractivity contribution < 1.29 is 9.25 Å². The van der Waals surface area contributed by atoms with Gasteiger partial charge < -0.3 is 9.25 Å². The Morgan fingerprint density at radius 1 is 1.35 bits per heavy atom. The van der Waals surface area contributed by atoms with Crippen LogP contribution in [-0.2, 0) is 16.7 Å². The van der Waals surface area contributed by atoms with E-state index in [0.717, 1.165) is 29.0 Å². The predicted octanol–water partition coefficient (Wildman–Crippen LogP) is 2.56. The molecule has 1 heterocycles. The Kier molecular flexibility index (Phi) is 3.17. The maximum Gasteiger partial charge on any atom is 0.200 e. The SMILES string of the molecule is CC(C)(C)c1nc2cc(CCON)ccc2o1. The summed E-state index contributed by atoms with van der Waals surface area (Å²) < 4.78 is 5.72. The molecule has 4 nitrogen and oxygen atoms in total. The molecule has 0 atom stereocenters. The lowest BCUT2D eigenvalue weighted by atomic mass is 9.97. The van der Waals surface area contributed by atoms with E-state index in [4.69, 9.17) is 10.3 Å². The summed E-state index contributed by atoms with van der Waals surface area (Å²) in [4.78, 5) is 9.09. The Hall–Kier alpha value is -1.39. The molecule has 1 aromatic carbocycles. The van der Waals surface area contributed by atoms with E-state index in [1.165, 1.54) is 0 Å². The number of fused-ring (bicyclic) bond motifs is 1. The summed E-state index contributed by atoms with van der Waals surface area (Å²) in [6, 6.07) is 5.98. The summed E-state index contributed by atoms with van der Waals surface area (Å²) in [6.07, 6.45) is 0.782. The molecule has 0 spiro atoms. The minimum Gasteiger partial charge on any atom is -0.440 e. The van der Waals surface area contributed by atoms with Gasteiger partial charge in [-0.05, 0) is 24.1 Å². The van der Waals surface area contributed by atoms with Crippen molar-refractivity contribution in [2.75, 3.05) is 6.61 Å². The molecule has 0 aliphatic heterocycles. The summed E-state index contributed by atoms with van der Waals surface area (Å²) in [5.41, 5.74) is 2.80. The molecule has 2 aromatic rings. The van der Waals surface area contributed by atoms with Crippen molar-refractivity contribution in [2.24, 2.45) is 5.90 Å². The first-order chi connectivity index (χ1) is 8.00. The Morgan fingerprint density at radius 2 is 2.12 bits per heavy atom. The first kappa shape index (κ1) is 12.1. The predicted molar refractivity (Wildman–Crippen MR) is 66.6 cm³/mol. The largest absolute Gasteiger partial charge is 0.440 e. The van der Waals surface area contributed by atoms with Crippen LogP contribution in [0.1, 0.15) is 32.2 Å².